The number of carbonyl (C=O) groups excluding carboxylic acids is 1. The highest BCUT2D eigenvalue weighted by atomic mass is 35.5. The molecular weight excluding hydrogens is 276 g/mol. The summed E-state index contributed by atoms with van der Waals surface area (Å²) in [4.78, 5) is 22.4. The summed E-state index contributed by atoms with van der Waals surface area (Å²) < 4.78 is 0. The molecule has 6 heteroatoms. The number of anilines is 1. The van der Waals surface area contributed by atoms with Gasteiger partial charge in [0.05, 0.1) is 6.54 Å². The number of aromatic nitrogens is 2. The van der Waals surface area contributed by atoms with E-state index in [1.54, 1.807) is 4.90 Å². The molecule has 1 aromatic rings. The van der Waals surface area contributed by atoms with E-state index < -0.39 is 0 Å². The third-order valence-corrected chi connectivity index (χ3v) is 3.51. The fourth-order valence-electron chi connectivity index (χ4n) is 1.78. The topological polar surface area (TPSA) is 58.1 Å². The number of nitrogens with zero attached hydrogens (tertiary/aromatic N) is 3. The van der Waals surface area contributed by atoms with Gasteiger partial charge in [-0.25, -0.2) is 9.97 Å². The summed E-state index contributed by atoms with van der Waals surface area (Å²) in [6, 6.07) is 0. The van der Waals surface area contributed by atoms with Crippen LogP contribution in [0.3, 0.4) is 0 Å². The maximum atomic E-state index is 12.0. The van der Waals surface area contributed by atoms with Crippen LogP contribution >= 0.6 is 11.6 Å². The molecule has 0 aliphatic carbocycles. The quantitative estimate of drug-likeness (QED) is 0.821. The third kappa shape index (κ3) is 4.07. The van der Waals surface area contributed by atoms with Crippen molar-refractivity contribution in [1.82, 2.24) is 14.9 Å². The second kappa shape index (κ2) is 7.43. The molecule has 0 radical (unpaired) electrons. The number of hydrogen-bond donors (Lipinski definition) is 1. The van der Waals surface area contributed by atoms with Gasteiger partial charge in [0.25, 0.3) is 0 Å². The fourth-order valence-corrected chi connectivity index (χ4v) is 1.96. The van der Waals surface area contributed by atoms with E-state index in [1.807, 2.05) is 34.6 Å². The Labute approximate surface area is 125 Å². The Balaban J connectivity index is 2.84. The van der Waals surface area contributed by atoms with Gasteiger partial charge in [-0.2, -0.15) is 0 Å². The van der Waals surface area contributed by atoms with E-state index in [0.29, 0.717) is 29.9 Å². The standard InChI is InChI=1S/C14H23ClN4O/c1-6-19(7-2)11(20)8-16-14-10(5)12(15)17-13(18-14)9(3)4/h9H,6-8H2,1-5H3,(H,16,17,18). The van der Waals surface area contributed by atoms with Gasteiger partial charge >= 0.3 is 0 Å². The fraction of sp³-hybridized carbons (Fsp3) is 0.643. The van der Waals surface area contributed by atoms with Crippen molar-refractivity contribution < 1.29 is 4.79 Å². The van der Waals surface area contributed by atoms with E-state index in [9.17, 15) is 4.79 Å². The number of rotatable bonds is 6. The minimum absolute atomic E-state index is 0.0511. The van der Waals surface area contributed by atoms with Gasteiger partial charge in [0.1, 0.15) is 16.8 Å². The Bertz CT molecular complexity index is 472. The van der Waals surface area contributed by atoms with Gasteiger partial charge in [-0.15, -0.1) is 0 Å². The molecule has 0 aromatic carbocycles. The zero-order valence-electron chi connectivity index (χ0n) is 12.8. The molecule has 0 saturated heterocycles. The summed E-state index contributed by atoms with van der Waals surface area (Å²) >= 11 is 6.11. The first-order chi connectivity index (χ1) is 9.40. The zero-order chi connectivity index (χ0) is 15.3. The summed E-state index contributed by atoms with van der Waals surface area (Å²) in [5, 5.41) is 3.50. The summed E-state index contributed by atoms with van der Waals surface area (Å²) in [7, 11) is 0. The normalized spacial score (nSPS) is 10.8. The number of carbonyl (C=O) groups is 1. The Morgan fingerprint density at radius 2 is 1.90 bits per heavy atom. The van der Waals surface area contributed by atoms with E-state index in [1.165, 1.54) is 0 Å². The number of likely N-dealkylation sites (N-methyl/N-ethyl adjacent to an activating group) is 1. The van der Waals surface area contributed by atoms with Crippen LogP contribution in [0.25, 0.3) is 0 Å². The molecule has 112 valence electrons. The third-order valence-electron chi connectivity index (χ3n) is 3.14. The van der Waals surface area contributed by atoms with Gasteiger partial charge in [-0.05, 0) is 20.8 Å². The Hall–Kier alpha value is -1.36. The monoisotopic (exact) mass is 298 g/mol. The summed E-state index contributed by atoms with van der Waals surface area (Å²) in [6.07, 6.45) is 0. The van der Waals surface area contributed by atoms with E-state index in [4.69, 9.17) is 11.6 Å². The second-order valence-corrected chi connectivity index (χ2v) is 5.28. The van der Waals surface area contributed by atoms with Crippen LogP contribution in [0.5, 0.6) is 0 Å². The average molecular weight is 299 g/mol. The SMILES string of the molecule is CCN(CC)C(=O)CNc1nc(C(C)C)nc(Cl)c1C. The summed E-state index contributed by atoms with van der Waals surface area (Å²) in [5.41, 5.74) is 0.767. The molecule has 1 aromatic heterocycles. The molecule has 0 fully saturated rings. The van der Waals surface area contributed by atoms with Gasteiger partial charge in [0.15, 0.2) is 0 Å². The van der Waals surface area contributed by atoms with Gasteiger partial charge in [-0.3, -0.25) is 4.79 Å². The first-order valence-corrected chi connectivity index (χ1v) is 7.34. The lowest BCUT2D eigenvalue weighted by Crippen LogP contribution is -2.35. The molecule has 1 heterocycles. The molecule has 0 bridgehead atoms. The number of amides is 1. The molecule has 0 unspecified atom stereocenters. The van der Waals surface area contributed by atoms with Crippen LogP contribution in [0.4, 0.5) is 5.82 Å². The van der Waals surface area contributed by atoms with Gasteiger partial charge in [0.2, 0.25) is 5.91 Å². The average Bonchev–Trinajstić information content (AvgIpc) is 2.41. The molecule has 5 nitrogen and oxygen atoms in total. The number of nitrogens with one attached hydrogen (secondary N) is 1. The summed E-state index contributed by atoms with van der Waals surface area (Å²) in [5.74, 6) is 1.55. The van der Waals surface area contributed by atoms with Crippen LogP contribution in [0.2, 0.25) is 5.15 Å². The van der Waals surface area contributed by atoms with E-state index in [0.717, 1.165) is 5.56 Å². The van der Waals surface area contributed by atoms with E-state index in [2.05, 4.69) is 15.3 Å². The molecule has 20 heavy (non-hydrogen) atoms. The van der Waals surface area contributed by atoms with Crippen molar-refractivity contribution in [3.05, 3.63) is 16.5 Å². The smallest absolute Gasteiger partial charge is 0.241 e. The second-order valence-electron chi connectivity index (χ2n) is 4.92. The van der Waals surface area contributed by atoms with Crippen molar-refractivity contribution in [2.75, 3.05) is 25.0 Å². The zero-order valence-corrected chi connectivity index (χ0v) is 13.6. The van der Waals surface area contributed by atoms with Crippen molar-refractivity contribution in [3.8, 4) is 0 Å². The van der Waals surface area contributed by atoms with Crippen molar-refractivity contribution >= 4 is 23.3 Å². The summed E-state index contributed by atoms with van der Waals surface area (Å²) in [6.45, 7) is 11.4. The van der Waals surface area contributed by atoms with Gasteiger partial charge in [0, 0.05) is 24.6 Å². The molecule has 1 N–H and O–H groups in total. The highest BCUT2D eigenvalue weighted by Gasteiger charge is 2.14. The van der Waals surface area contributed by atoms with Crippen LogP contribution in [0.15, 0.2) is 0 Å². The van der Waals surface area contributed by atoms with E-state index >= 15 is 0 Å². The molecule has 1 rings (SSSR count). The van der Waals surface area contributed by atoms with E-state index in [-0.39, 0.29) is 18.4 Å². The lowest BCUT2D eigenvalue weighted by Gasteiger charge is -2.19. The minimum Gasteiger partial charge on any atom is -0.361 e. The number of halogens is 1. The largest absolute Gasteiger partial charge is 0.361 e. The van der Waals surface area contributed by atoms with Crippen molar-refractivity contribution in [2.45, 2.75) is 40.5 Å². The number of hydrogen-bond acceptors (Lipinski definition) is 4. The van der Waals surface area contributed by atoms with Gasteiger partial charge in [-0.1, -0.05) is 25.4 Å². The molecule has 0 atom stereocenters. The molecule has 1 amide bonds. The highest BCUT2D eigenvalue weighted by molar-refractivity contribution is 6.30. The van der Waals surface area contributed by atoms with Crippen LogP contribution in [-0.4, -0.2) is 40.4 Å². The molecule has 0 spiro atoms. The van der Waals surface area contributed by atoms with Crippen LogP contribution in [-0.2, 0) is 4.79 Å². The minimum atomic E-state index is 0.0511. The predicted octanol–water partition coefficient (Wildman–Crippen LogP) is 2.84. The Morgan fingerprint density at radius 1 is 1.30 bits per heavy atom. The Morgan fingerprint density at radius 3 is 2.40 bits per heavy atom. The maximum Gasteiger partial charge on any atom is 0.241 e. The molecule has 0 saturated carbocycles. The predicted molar refractivity (Wildman–Crippen MR) is 82.3 cm³/mol. The first-order valence-electron chi connectivity index (χ1n) is 6.96. The van der Waals surface area contributed by atoms with Gasteiger partial charge < -0.3 is 10.2 Å². The Kier molecular flexibility index (Phi) is 6.20. The van der Waals surface area contributed by atoms with Crippen molar-refractivity contribution in [1.29, 1.82) is 0 Å². The lowest BCUT2D eigenvalue weighted by atomic mass is 10.2. The molecule has 0 aliphatic heterocycles. The molecular formula is C14H23ClN4O. The van der Waals surface area contributed by atoms with Crippen LogP contribution in [0.1, 0.15) is 45.0 Å². The van der Waals surface area contributed by atoms with Crippen LogP contribution in [0, 0.1) is 6.92 Å². The first kappa shape index (κ1) is 16.7. The highest BCUT2D eigenvalue weighted by Crippen LogP contribution is 2.22. The van der Waals surface area contributed by atoms with Crippen LogP contribution < -0.4 is 5.32 Å². The van der Waals surface area contributed by atoms with Crippen molar-refractivity contribution in [3.63, 3.8) is 0 Å². The molecule has 0 aliphatic rings. The lowest BCUT2D eigenvalue weighted by molar-refractivity contribution is -0.128. The maximum absolute atomic E-state index is 12.0. The van der Waals surface area contributed by atoms with Crippen molar-refractivity contribution in [2.24, 2.45) is 0 Å².